The van der Waals surface area contributed by atoms with Gasteiger partial charge in [-0.05, 0) is 79.9 Å². The molecule has 1 N–H and O–H groups in total. The molecule has 1 amide bonds. The third-order valence-corrected chi connectivity index (χ3v) is 7.68. The molecule has 0 radical (unpaired) electrons. The highest BCUT2D eigenvalue weighted by Crippen LogP contribution is 2.51. The predicted molar refractivity (Wildman–Crippen MR) is 120 cm³/mol. The van der Waals surface area contributed by atoms with Crippen molar-refractivity contribution in [2.45, 2.75) is 57.8 Å². The molecule has 1 saturated carbocycles. The van der Waals surface area contributed by atoms with E-state index in [2.05, 4.69) is 31.4 Å². The number of carbonyl (C=O) groups is 1. The van der Waals surface area contributed by atoms with Crippen LogP contribution in [0.2, 0.25) is 0 Å². The van der Waals surface area contributed by atoms with Crippen LogP contribution in [0.3, 0.4) is 0 Å². The van der Waals surface area contributed by atoms with Crippen molar-refractivity contribution in [1.82, 2.24) is 14.3 Å². The molecule has 2 aliphatic heterocycles. The van der Waals surface area contributed by atoms with Gasteiger partial charge in [-0.25, -0.2) is 4.99 Å². The molecule has 5 nitrogen and oxygen atoms in total. The van der Waals surface area contributed by atoms with Gasteiger partial charge in [0, 0.05) is 36.1 Å². The summed E-state index contributed by atoms with van der Waals surface area (Å²) < 4.78 is 4.31. The minimum absolute atomic E-state index is 0.124. The van der Waals surface area contributed by atoms with E-state index in [0.717, 1.165) is 44.3 Å². The number of rotatable bonds is 3. The molecule has 1 aliphatic carbocycles. The monoisotopic (exact) mass is 422 g/mol. The molecule has 5 rings (SSSR count). The third kappa shape index (κ3) is 4.29. The Morgan fingerprint density at radius 1 is 1.27 bits per heavy atom. The molecule has 2 aromatic heterocycles. The van der Waals surface area contributed by atoms with Crippen molar-refractivity contribution in [3.8, 4) is 0 Å². The Hall–Kier alpha value is -2.21. The number of allylic oxidation sites excluding steroid dienone is 1. The molecule has 0 aromatic carbocycles. The summed E-state index contributed by atoms with van der Waals surface area (Å²) in [6.07, 6.45) is 16.8. The van der Waals surface area contributed by atoms with Crippen molar-refractivity contribution in [2.24, 2.45) is 16.3 Å². The number of amides is 1. The van der Waals surface area contributed by atoms with E-state index >= 15 is 0 Å². The van der Waals surface area contributed by atoms with Crippen LogP contribution in [-0.2, 0) is 0 Å². The fourth-order valence-corrected chi connectivity index (χ4v) is 5.67. The van der Waals surface area contributed by atoms with Gasteiger partial charge in [0.15, 0.2) is 0 Å². The topological polar surface area (TPSA) is 61.4 Å². The average Bonchev–Trinajstić information content (AvgIpc) is 3.13. The van der Waals surface area contributed by atoms with Gasteiger partial charge >= 0.3 is 0 Å². The summed E-state index contributed by atoms with van der Waals surface area (Å²) in [5.41, 5.74) is 3.50. The van der Waals surface area contributed by atoms with E-state index in [1.807, 2.05) is 23.8 Å². The molecule has 2 aromatic rings. The molecule has 4 heterocycles. The fourth-order valence-electron chi connectivity index (χ4n) is 5.17. The van der Waals surface area contributed by atoms with Crippen LogP contribution in [0.5, 0.6) is 0 Å². The predicted octanol–water partition coefficient (Wildman–Crippen LogP) is 4.05. The molecule has 1 unspecified atom stereocenters. The summed E-state index contributed by atoms with van der Waals surface area (Å²) in [5.74, 6) is 0.740. The van der Waals surface area contributed by atoms with Gasteiger partial charge in [0.2, 0.25) is 0 Å². The number of nitrogens with zero attached hydrogens (tertiary/aromatic N) is 3. The van der Waals surface area contributed by atoms with Crippen molar-refractivity contribution >= 4 is 23.0 Å². The standard InChI is InChI=1S/C24H30N4OS/c29-23(21-8-15-30-27-21)28-14-7-18(4-3-9-24(17-28)10-11-24)16-19-5-1-2-12-25-22-20(19)6-13-26-22/h2,6,8,12-13,15,18H,1,3-5,7,9-11,14,16-17H2,(H,25,26). The Labute approximate surface area is 181 Å². The summed E-state index contributed by atoms with van der Waals surface area (Å²) in [6.45, 7) is 1.76. The lowest BCUT2D eigenvalue weighted by Crippen LogP contribution is -2.37. The van der Waals surface area contributed by atoms with Crippen molar-refractivity contribution in [2.75, 3.05) is 13.1 Å². The highest BCUT2D eigenvalue weighted by atomic mass is 32.1. The smallest absolute Gasteiger partial charge is 0.273 e. The van der Waals surface area contributed by atoms with Crippen LogP contribution in [0.1, 0.15) is 68.3 Å². The molecule has 1 saturated heterocycles. The van der Waals surface area contributed by atoms with Crippen molar-refractivity contribution in [1.29, 1.82) is 0 Å². The first-order valence-electron chi connectivity index (χ1n) is 11.3. The van der Waals surface area contributed by atoms with Gasteiger partial charge in [-0.2, -0.15) is 4.37 Å². The molecule has 0 bridgehead atoms. The molecule has 3 aliphatic rings. The van der Waals surface area contributed by atoms with Crippen LogP contribution in [0, 0.1) is 11.3 Å². The zero-order valence-corrected chi connectivity index (χ0v) is 18.3. The fraction of sp³-hybridized carbons (Fsp3) is 0.542. The lowest BCUT2D eigenvalue weighted by molar-refractivity contribution is 0.0707. The summed E-state index contributed by atoms with van der Waals surface area (Å²) in [4.78, 5) is 23.1. The molecule has 6 heteroatoms. The Kier molecular flexibility index (Phi) is 5.59. The Morgan fingerprint density at radius 2 is 2.20 bits per heavy atom. The highest BCUT2D eigenvalue weighted by molar-refractivity contribution is 7.03. The van der Waals surface area contributed by atoms with Gasteiger partial charge < -0.3 is 9.88 Å². The van der Waals surface area contributed by atoms with E-state index < -0.39 is 0 Å². The van der Waals surface area contributed by atoms with Gasteiger partial charge in [0.1, 0.15) is 11.2 Å². The molecule has 30 heavy (non-hydrogen) atoms. The zero-order valence-electron chi connectivity index (χ0n) is 17.5. The Morgan fingerprint density at radius 3 is 3.03 bits per heavy atom. The highest BCUT2D eigenvalue weighted by Gasteiger charge is 2.44. The number of aromatic amines is 1. The van der Waals surface area contributed by atoms with Crippen molar-refractivity contribution in [3.63, 3.8) is 0 Å². The molecule has 1 spiro atoms. The first-order valence-corrected chi connectivity index (χ1v) is 12.1. The summed E-state index contributed by atoms with van der Waals surface area (Å²) >= 11 is 1.36. The third-order valence-electron chi connectivity index (χ3n) is 7.12. The van der Waals surface area contributed by atoms with E-state index in [1.165, 1.54) is 54.4 Å². The largest absolute Gasteiger partial charge is 0.346 e. The van der Waals surface area contributed by atoms with Crippen LogP contribution in [-0.4, -0.2) is 33.3 Å². The first-order chi connectivity index (χ1) is 14.7. The summed E-state index contributed by atoms with van der Waals surface area (Å²) in [5, 5.41) is 3.19. The summed E-state index contributed by atoms with van der Waals surface area (Å²) in [7, 11) is 0. The van der Waals surface area contributed by atoms with E-state index in [0.29, 0.717) is 17.0 Å². The normalized spacial score (nSPS) is 23.5. The molecular formula is C24H30N4OS. The quantitative estimate of drug-likeness (QED) is 0.811. The van der Waals surface area contributed by atoms with E-state index in [4.69, 9.17) is 0 Å². The zero-order chi connectivity index (χ0) is 20.4. The Bertz CT molecular complexity index is 1030. The molecule has 1 atom stereocenters. The lowest BCUT2D eigenvalue weighted by atomic mass is 9.87. The van der Waals surface area contributed by atoms with Crippen LogP contribution in [0.15, 0.2) is 41.0 Å². The van der Waals surface area contributed by atoms with Crippen LogP contribution < -0.4 is 10.7 Å². The maximum absolute atomic E-state index is 13.1. The molecule has 2 fully saturated rings. The van der Waals surface area contributed by atoms with E-state index in [-0.39, 0.29) is 5.91 Å². The van der Waals surface area contributed by atoms with Gasteiger partial charge in [-0.1, -0.05) is 24.5 Å². The minimum atomic E-state index is 0.124. The lowest BCUT2D eigenvalue weighted by Gasteiger charge is -2.27. The van der Waals surface area contributed by atoms with Gasteiger partial charge in [0.05, 0.1) is 0 Å². The number of nitrogens with one attached hydrogen (secondary N) is 1. The van der Waals surface area contributed by atoms with Crippen molar-refractivity contribution in [3.05, 3.63) is 52.4 Å². The van der Waals surface area contributed by atoms with E-state index in [9.17, 15) is 4.79 Å². The SMILES string of the molecule is O=C(c1ccsn1)N1CCC(CC2=c3cc[nH]c3=NC=CCC2)CCCC2(CC2)C1. The van der Waals surface area contributed by atoms with Crippen molar-refractivity contribution < 1.29 is 4.79 Å². The Balaban J connectivity index is 1.36. The minimum Gasteiger partial charge on any atom is -0.346 e. The number of H-pyrrole nitrogens is 1. The maximum Gasteiger partial charge on any atom is 0.273 e. The number of fused-ring (bicyclic) bond motifs is 1. The molecular weight excluding hydrogens is 392 g/mol. The second-order valence-electron chi connectivity index (χ2n) is 9.26. The second-order valence-corrected chi connectivity index (χ2v) is 9.92. The maximum atomic E-state index is 13.1. The average molecular weight is 423 g/mol. The van der Waals surface area contributed by atoms with Crippen LogP contribution >= 0.6 is 11.5 Å². The van der Waals surface area contributed by atoms with Crippen LogP contribution in [0.4, 0.5) is 0 Å². The second kappa shape index (κ2) is 8.50. The summed E-state index contributed by atoms with van der Waals surface area (Å²) in [6, 6.07) is 4.05. The first kappa shape index (κ1) is 19.7. The number of carbonyl (C=O) groups excluding carboxylic acids is 1. The van der Waals surface area contributed by atoms with Crippen LogP contribution in [0.25, 0.3) is 5.57 Å². The van der Waals surface area contributed by atoms with Gasteiger partial charge in [-0.15, -0.1) is 0 Å². The number of aromatic nitrogens is 2. The van der Waals surface area contributed by atoms with Gasteiger partial charge in [0.25, 0.3) is 5.91 Å². The number of hydrogen-bond donors (Lipinski definition) is 1. The van der Waals surface area contributed by atoms with Gasteiger partial charge in [-0.3, -0.25) is 4.79 Å². The number of hydrogen-bond acceptors (Lipinski definition) is 4. The molecule has 158 valence electrons. The van der Waals surface area contributed by atoms with E-state index in [1.54, 1.807) is 0 Å².